The average molecular weight is 296 g/mol. The number of aryl methyl sites for hydroxylation is 1. The molecule has 1 fully saturated rings. The molecule has 1 aromatic carbocycles. The lowest BCUT2D eigenvalue weighted by Crippen LogP contribution is -2.37. The SMILES string of the molecule is CC1NNC(C)C1CNC(=O)CCc1ccc(Cl)cc1. The molecular formula is C15H22ClN3O. The summed E-state index contributed by atoms with van der Waals surface area (Å²) < 4.78 is 0. The number of benzene rings is 1. The summed E-state index contributed by atoms with van der Waals surface area (Å²) in [7, 11) is 0. The molecule has 0 aromatic heterocycles. The fourth-order valence-corrected chi connectivity index (χ4v) is 2.62. The Morgan fingerprint density at radius 3 is 2.40 bits per heavy atom. The molecule has 3 N–H and O–H groups in total. The Kier molecular flexibility index (Phi) is 5.40. The van der Waals surface area contributed by atoms with Crippen LogP contribution in [0.4, 0.5) is 0 Å². The van der Waals surface area contributed by atoms with Gasteiger partial charge < -0.3 is 5.32 Å². The third-order valence-electron chi connectivity index (χ3n) is 3.91. The lowest BCUT2D eigenvalue weighted by molar-refractivity contribution is -0.121. The maximum Gasteiger partial charge on any atom is 0.220 e. The molecule has 1 aromatic rings. The molecule has 4 nitrogen and oxygen atoms in total. The minimum absolute atomic E-state index is 0.103. The van der Waals surface area contributed by atoms with Crippen LogP contribution in [0.3, 0.4) is 0 Å². The number of hydrogen-bond acceptors (Lipinski definition) is 3. The summed E-state index contributed by atoms with van der Waals surface area (Å²) in [6.45, 7) is 4.96. The average Bonchev–Trinajstić information content (AvgIpc) is 2.75. The van der Waals surface area contributed by atoms with Crippen molar-refractivity contribution in [2.45, 2.75) is 38.8 Å². The lowest BCUT2D eigenvalue weighted by Gasteiger charge is -2.18. The summed E-state index contributed by atoms with van der Waals surface area (Å²) in [4.78, 5) is 11.9. The predicted octanol–water partition coefficient (Wildman–Crippen LogP) is 1.89. The van der Waals surface area contributed by atoms with Gasteiger partial charge in [0.05, 0.1) is 0 Å². The van der Waals surface area contributed by atoms with E-state index in [2.05, 4.69) is 30.0 Å². The lowest BCUT2D eigenvalue weighted by atomic mass is 9.96. The van der Waals surface area contributed by atoms with Gasteiger partial charge in [-0.25, -0.2) is 0 Å². The van der Waals surface area contributed by atoms with Crippen LogP contribution in [0.5, 0.6) is 0 Å². The number of amides is 1. The standard InChI is InChI=1S/C15H22ClN3O/c1-10-14(11(2)19-18-10)9-17-15(20)8-5-12-3-6-13(16)7-4-12/h3-4,6-7,10-11,14,18-19H,5,8-9H2,1-2H3,(H,17,20). The van der Waals surface area contributed by atoms with Crippen molar-refractivity contribution >= 4 is 17.5 Å². The van der Waals surface area contributed by atoms with E-state index in [1.54, 1.807) is 0 Å². The van der Waals surface area contributed by atoms with E-state index in [1.165, 1.54) is 0 Å². The number of hydrogen-bond donors (Lipinski definition) is 3. The van der Waals surface area contributed by atoms with E-state index in [0.717, 1.165) is 17.0 Å². The highest BCUT2D eigenvalue weighted by molar-refractivity contribution is 6.30. The normalized spacial score (nSPS) is 25.6. The molecule has 5 heteroatoms. The van der Waals surface area contributed by atoms with Crippen LogP contribution in [-0.4, -0.2) is 24.5 Å². The molecule has 2 atom stereocenters. The highest BCUT2D eigenvalue weighted by atomic mass is 35.5. The molecule has 0 saturated carbocycles. The van der Waals surface area contributed by atoms with Crippen LogP contribution in [0.1, 0.15) is 25.8 Å². The molecule has 1 aliphatic heterocycles. The second-order valence-corrected chi connectivity index (χ2v) is 5.90. The van der Waals surface area contributed by atoms with Gasteiger partial charge in [-0.05, 0) is 38.0 Å². The fourth-order valence-electron chi connectivity index (χ4n) is 2.49. The fraction of sp³-hybridized carbons (Fsp3) is 0.533. The second-order valence-electron chi connectivity index (χ2n) is 5.46. The Labute approximate surface area is 125 Å². The van der Waals surface area contributed by atoms with Crippen LogP contribution in [0.15, 0.2) is 24.3 Å². The zero-order valence-electron chi connectivity index (χ0n) is 11.9. The molecule has 2 unspecified atom stereocenters. The van der Waals surface area contributed by atoms with Crippen molar-refractivity contribution in [1.29, 1.82) is 0 Å². The van der Waals surface area contributed by atoms with Gasteiger partial charge in [-0.15, -0.1) is 0 Å². The number of halogens is 1. The zero-order valence-corrected chi connectivity index (χ0v) is 12.7. The first-order valence-corrected chi connectivity index (χ1v) is 7.46. The van der Waals surface area contributed by atoms with Crippen molar-refractivity contribution in [3.05, 3.63) is 34.9 Å². The quantitative estimate of drug-likeness (QED) is 0.777. The molecule has 1 aliphatic rings. The van der Waals surface area contributed by atoms with Crippen LogP contribution in [0, 0.1) is 5.92 Å². The maximum absolute atomic E-state index is 11.9. The summed E-state index contributed by atoms with van der Waals surface area (Å²) in [5.74, 6) is 0.528. The van der Waals surface area contributed by atoms with Crippen molar-refractivity contribution < 1.29 is 4.79 Å². The minimum atomic E-state index is 0.103. The van der Waals surface area contributed by atoms with Gasteiger partial charge in [-0.1, -0.05) is 23.7 Å². The zero-order chi connectivity index (χ0) is 14.5. The first-order valence-electron chi connectivity index (χ1n) is 7.08. The van der Waals surface area contributed by atoms with E-state index in [-0.39, 0.29) is 5.91 Å². The number of carbonyl (C=O) groups is 1. The van der Waals surface area contributed by atoms with Crippen molar-refractivity contribution in [2.24, 2.45) is 5.92 Å². The van der Waals surface area contributed by atoms with Crippen molar-refractivity contribution in [3.63, 3.8) is 0 Å². The van der Waals surface area contributed by atoms with Crippen LogP contribution in [0.25, 0.3) is 0 Å². The summed E-state index contributed by atoms with van der Waals surface area (Å²) in [5.41, 5.74) is 7.52. The summed E-state index contributed by atoms with van der Waals surface area (Å²) >= 11 is 5.83. The molecule has 0 aliphatic carbocycles. The van der Waals surface area contributed by atoms with Crippen LogP contribution < -0.4 is 16.2 Å². The maximum atomic E-state index is 11.9. The highest BCUT2D eigenvalue weighted by Crippen LogP contribution is 2.13. The van der Waals surface area contributed by atoms with Gasteiger partial charge in [0.25, 0.3) is 0 Å². The van der Waals surface area contributed by atoms with Crippen LogP contribution >= 0.6 is 11.6 Å². The van der Waals surface area contributed by atoms with E-state index in [0.29, 0.717) is 31.0 Å². The Hall–Kier alpha value is -1.10. The molecule has 110 valence electrons. The van der Waals surface area contributed by atoms with Crippen molar-refractivity contribution in [1.82, 2.24) is 16.2 Å². The first-order chi connectivity index (χ1) is 9.56. The summed E-state index contributed by atoms with van der Waals surface area (Å²) in [6, 6.07) is 8.39. The molecule has 0 radical (unpaired) electrons. The van der Waals surface area contributed by atoms with Gasteiger partial charge in [0.2, 0.25) is 5.91 Å². The van der Waals surface area contributed by atoms with Crippen LogP contribution in [-0.2, 0) is 11.2 Å². The minimum Gasteiger partial charge on any atom is -0.356 e. The van der Waals surface area contributed by atoms with Crippen LogP contribution in [0.2, 0.25) is 5.02 Å². The number of carbonyl (C=O) groups excluding carboxylic acids is 1. The van der Waals surface area contributed by atoms with E-state index < -0.39 is 0 Å². The molecular weight excluding hydrogens is 274 g/mol. The third kappa shape index (κ3) is 4.20. The third-order valence-corrected chi connectivity index (χ3v) is 4.16. The second kappa shape index (κ2) is 7.07. The van der Waals surface area contributed by atoms with Gasteiger partial charge >= 0.3 is 0 Å². The predicted molar refractivity (Wildman–Crippen MR) is 81.5 cm³/mol. The van der Waals surface area contributed by atoms with E-state index in [4.69, 9.17) is 11.6 Å². The van der Waals surface area contributed by atoms with Gasteiger partial charge in [0, 0.05) is 36.0 Å². The first kappa shape index (κ1) is 15.3. The van der Waals surface area contributed by atoms with E-state index >= 15 is 0 Å². The highest BCUT2D eigenvalue weighted by Gasteiger charge is 2.29. The van der Waals surface area contributed by atoms with Gasteiger partial charge in [-0.2, -0.15) is 0 Å². The Balaban J connectivity index is 1.71. The smallest absolute Gasteiger partial charge is 0.220 e. The molecule has 2 rings (SSSR count). The van der Waals surface area contributed by atoms with Gasteiger partial charge in [0.15, 0.2) is 0 Å². The molecule has 1 saturated heterocycles. The summed E-state index contributed by atoms with van der Waals surface area (Å²) in [6.07, 6.45) is 1.26. The summed E-state index contributed by atoms with van der Waals surface area (Å²) in [5, 5.41) is 3.75. The Morgan fingerprint density at radius 1 is 1.20 bits per heavy atom. The topological polar surface area (TPSA) is 53.2 Å². The largest absolute Gasteiger partial charge is 0.356 e. The monoisotopic (exact) mass is 295 g/mol. The number of hydrazine groups is 1. The Bertz CT molecular complexity index is 439. The van der Waals surface area contributed by atoms with Gasteiger partial charge in [0.1, 0.15) is 0 Å². The molecule has 20 heavy (non-hydrogen) atoms. The number of nitrogens with one attached hydrogen (secondary N) is 3. The van der Waals surface area contributed by atoms with Crippen molar-refractivity contribution in [3.8, 4) is 0 Å². The van der Waals surface area contributed by atoms with E-state index in [9.17, 15) is 4.79 Å². The molecule has 0 bridgehead atoms. The van der Waals surface area contributed by atoms with Gasteiger partial charge in [-0.3, -0.25) is 15.6 Å². The molecule has 0 spiro atoms. The molecule has 1 amide bonds. The number of rotatable bonds is 5. The Morgan fingerprint density at radius 2 is 1.80 bits per heavy atom. The molecule has 1 heterocycles. The van der Waals surface area contributed by atoms with E-state index in [1.807, 2.05) is 24.3 Å². The van der Waals surface area contributed by atoms with Crippen molar-refractivity contribution in [2.75, 3.05) is 6.54 Å².